The average Bonchev–Trinajstić information content (AvgIpc) is 2.61. The first kappa shape index (κ1) is 20.1. The van der Waals surface area contributed by atoms with Crippen molar-refractivity contribution in [1.29, 1.82) is 0 Å². The predicted molar refractivity (Wildman–Crippen MR) is 97.0 cm³/mol. The third-order valence-electron chi connectivity index (χ3n) is 4.55. The monoisotopic (exact) mass is 418 g/mol. The number of likely N-dealkylation sites (N-methyl/N-ethyl adjacent to an activating group) is 1. The van der Waals surface area contributed by atoms with E-state index >= 15 is 0 Å². The van der Waals surface area contributed by atoms with Crippen molar-refractivity contribution in [2.24, 2.45) is 0 Å². The molecule has 9 heteroatoms. The van der Waals surface area contributed by atoms with E-state index in [2.05, 4.69) is 0 Å². The van der Waals surface area contributed by atoms with Gasteiger partial charge in [0.1, 0.15) is 0 Å². The maximum absolute atomic E-state index is 13.5. The van der Waals surface area contributed by atoms with Crippen LogP contribution < -0.4 is 0 Å². The molecule has 0 aliphatic carbocycles. The second-order valence-electron chi connectivity index (χ2n) is 6.44. The highest BCUT2D eigenvalue weighted by Crippen LogP contribution is 2.39. The molecule has 2 aromatic rings. The third kappa shape index (κ3) is 4.13. The Bertz CT molecular complexity index is 920. The zero-order valence-corrected chi connectivity index (χ0v) is 16.0. The van der Waals surface area contributed by atoms with Crippen molar-refractivity contribution in [3.8, 4) is 0 Å². The van der Waals surface area contributed by atoms with Gasteiger partial charge in [-0.2, -0.15) is 17.5 Å². The number of rotatable bonds is 3. The number of sulfonamides is 1. The molecule has 0 saturated carbocycles. The minimum absolute atomic E-state index is 0.0956. The Morgan fingerprint density at radius 1 is 1.07 bits per heavy atom. The number of halogens is 4. The topological polar surface area (TPSA) is 40.6 Å². The molecule has 27 heavy (non-hydrogen) atoms. The molecule has 1 heterocycles. The Labute approximate surface area is 161 Å². The molecule has 1 unspecified atom stereocenters. The number of piperazine rings is 1. The molecule has 0 radical (unpaired) electrons. The normalized spacial score (nSPS) is 20.0. The molecule has 146 valence electrons. The Balaban J connectivity index is 2.11. The Kier molecular flexibility index (Phi) is 5.54. The van der Waals surface area contributed by atoms with Gasteiger partial charge in [0.25, 0.3) is 0 Å². The molecular formula is C18H18ClF3N2O2S. The van der Waals surface area contributed by atoms with Crippen LogP contribution in [-0.4, -0.2) is 44.3 Å². The van der Waals surface area contributed by atoms with E-state index in [9.17, 15) is 21.6 Å². The fourth-order valence-corrected chi connectivity index (χ4v) is 5.17. The molecule has 0 bridgehead atoms. The molecule has 1 aliphatic rings. The van der Waals surface area contributed by atoms with Crippen molar-refractivity contribution >= 4 is 21.6 Å². The zero-order chi connectivity index (χ0) is 19.8. The first-order valence-electron chi connectivity index (χ1n) is 8.23. The minimum atomic E-state index is -4.83. The van der Waals surface area contributed by atoms with Crippen LogP contribution >= 0.6 is 11.6 Å². The van der Waals surface area contributed by atoms with E-state index in [-0.39, 0.29) is 11.6 Å². The summed E-state index contributed by atoms with van der Waals surface area (Å²) in [6.07, 6.45) is -4.83. The summed E-state index contributed by atoms with van der Waals surface area (Å²) in [5, 5.41) is -0.167. The molecule has 1 atom stereocenters. The van der Waals surface area contributed by atoms with E-state index in [0.717, 1.165) is 22.0 Å². The summed E-state index contributed by atoms with van der Waals surface area (Å²) in [7, 11) is -2.53. The van der Waals surface area contributed by atoms with Crippen LogP contribution in [0.1, 0.15) is 17.2 Å². The van der Waals surface area contributed by atoms with Gasteiger partial charge in [-0.05, 0) is 30.8 Å². The molecule has 0 spiro atoms. The fraction of sp³-hybridized carbons (Fsp3) is 0.333. The Morgan fingerprint density at radius 3 is 2.37 bits per heavy atom. The van der Waals surface area contributed by atoms with Crippen LogP contribution in [-0.2, 0) is 16.2 Å². The molecule has 1 fully saturated rings. The number of nitrogens with zero attached hydrogens (tertiary/aromatic N) is 2. The molecule has 0 amide bonds. The second-order valence-corrected chi connectivity index (χ2v) is 8.74. The van der Waals surface area contributed by atoms with Gasteiger partial charge in [-0.1, -0.05) is 41.9 Å². The zero-order valence-electron chi connectivity index (χ0n) is 14.4. The van der Waals surface area contributed by atoms with E-state index in [4.69, 9.17) is 11.6 Å². The summed E-state index contributed by atoms with van der Waals surface area (Å²) in [6, 6.07) is 11.1. The average molecular weight is 419 g/mol. The van der Waals surface area contributed by atoms with Crippen molar-refractivity contribution in [1.82, 2.24) is 9.21 Å². The second kappa shape index (κ2) is 7.43. The van der Waals surface area contributed by atoms with Gasteiger partial charge in [-0.3, -0.25) is 0 Å². The molecule has 1 aliphatic heterocycles. The molecule has 3 rings (SSSR count). The maximum Gasteiger partial charge on any atom is 0.417 e. The molecule has 1 saturated heterocycles. The molecule has 4 nitrogen and oxygen atoms in total. The summed E-state index contributed by atoms with van der Waals surface area (Å²) in [5.74, 6) is 0. The molecule has 2 aromatic carbocycles. The summed E-state index contributed by atoms with van der Waals surface area (Å²) in [6.45, 7) is 0.911. The van der Waals surface area contributed by atoms with Crippen molar-refractivity contribution in [2.75, 3.05) is 26.7 Å². The van der Waals surface area contributed by atoms with Crippen molar-refractivity contribution in [3.63, 3.8) is 0 Å². The summed E-state index contributed by atoms with van der Waals surface area (Å²) in [4.78, 5) is 1.18. The smallest absolute Gasteiger partial charge is 0.303 e. The first-order valence-corrected chi connectivity index (χ1v) is 10.0. The lowest BCUT2D eigenvalue weighted by atomic mass is 10.1. The van der Waals surface area contributed by atoms with Gasteiger partial charge in [0.2, 0.25) is 10.0 Å². The molecule has 0 N–H and O–H groups in total. The highest BCUT2D eigenvalue weighted by atomic mass is 35.5. The highest BCUT2D eigenvalue weighted by molar-refractivity contribution is 7.89. The Hall–Kier alpha value is -1.61. The van der Waals surface area contributed by atoms with Gasteiger partial charge in [-0.15, -0.1) is 0 Å². The van der Waals surface area contributed by atoms with Crippen molar-refractivity contribution in [3.05, 3.63) is 64.7 Å². The van der Waals surface area contributed by atoms with Crippen LogP contribution in [0.5, 0.6) is 0 Å². The first-order chi connectivity index (χ1) is 12.6. The van der Waals surface area contributed by atoms with Crippen LogP contribution in [0.25, 0.3) is 0 Å². The van der Waals surface area contributed by atoms with Crippen LogP contribution in [0.4, 0.5) is 13.2 Å². The van der Waals surface area contributed by atoms with Crippen LogP contribution in [0, 0.1) is 0 Å². The van der Waals surface area contributed by atoms with Crippen molar-refractivity contribution in [2.45, 2.75) is 17.1 Å². The summed E-state index contributed by atoms with van der Waals surface area (Å²) >= 11 is 5.69. The van der Waals surface area contributed by atoms with Crippen LogP contribution in [0.2, 0.25) is 5.02 Å². The van der Waals surface area contributed by atoms with Crippen molar-refractivity contribution < 1.29 is 21.6 Å². The lowest BCUT2D eigenvalue weighted by Gasteiger charge is -2.39. The molecular weight excluding hydrogens is 401 g/mol. The third-order valence-corrected chi connectivity index (χ3v) is 6.75. The molecule has 0 aromatic heterocycles. The number of alkyl halides is 3. The lowest BCUT2D eigenvalue weighted by molar-refractivity contribution is -0.139. The van der Waals surface area contributed by atoms with Crippen LogP contribution in [0.3, 0.4) is 0 Å². The van der Waals surface area contributed by atoms with Gasteiger partial charge in [0.15, 0.2) is 0 Å². The quantitative estimate of drug-likeness (QED) is 0.755. The maximum atomic E-state index is 13.5. The van der Waals surface area contributed by atoms with E-state index in [1.165, 1.54) is 0 Å². The minimum Gasteiger partial charge on any atom is -0.303 e. The number of hydrogen-bond acceptors (Lipinski definition) is 3. The van der Waals surface area contributed by atoms with Gasteiger partial charge in [-0.25, -0.2) is 8.42 Å². The summed E-state index contributed by atoms with van der Waals surface area (Å²) in [5.41, 5.74) is -0.518. The highest BCUT2D eigenvalue weighted by Gasteiger charge is 2.42. The largest absolute Gasteiger partial charge is 0.417 e. The van der Waals surface area contributed by atoms with E-state index in [0.29, 0.717) is 19.2 Å². The SMILES string of the molecule is CN1CCN(S(=O)(=O)c2ccc(Cl)cc2C(F)(F)F)C(c2ccccc2)C1. The lowest BCUT2D eigenvalue weighted by Crippen LogP contribution is -2.49. The van der Waals surface area contributed by atoms with Gasteiger partial charge < -0.3 is 4.90 Å². The number of hydrogen-bond donors (Lipinski definition) is 0. The number of benzene rings is 2. The van der Waals surface area contributed by atoms with E-state index in [1.54, 1.807) is 30.3 Å². The summed E-state index contributed by atoms with van der Waals surface area (Å²) < 4.78 is 68.0. The standard InChI is InChI=1S/C18H18ClF3N2O2S/c1-23-9-10-24(16(12-23)13-5-3-2-4-6-13)27(25,26)17-8-7-14(19)11-15(17)18(20,21)22/h2-8,11,16H,9-10,12H2,1H3. The van der Waals surface area contributed by atoms with Crippen LogP contribution in [0.15, 0.2) is 53.4 Å². The fourth-order valence-electron chi connectivity index (χ4n) is 3.21. The van der Waals surface area contributed by atoms with E-state index < -0.39 is 32.7 Å². The predicted octanol–water partition coefficient (Wildman–Crippen LogP) is 4.04. The van der Waals surface area contributed by atoms with Gasteiger partial charge in [0, 0.05) is 24.7 Å². The van der Waals surface area contributed by atoms with Gasteiger partial charge in [0.05, 0.1) is 16.5 Å². The van der Waals surface area contributed by atoms with Gasteiger partial charge >= 0.3 is 6.18 Å². The Morgan fingerprint density at radius 2 is 1.74 bits per heavy atom. The van der Waals surface area contributed by atoms with E-state index in [1.807, 2.05) is 11.9 Å².